The Hall–Kier alpha value is -3.38. The van der Waals surface area contributed by atoms with E-state index >= 15 is 0 Å². The van der Waals surface area contributed by atoms with Crippen LogP contribution < -0.4 is 5.73 Å². The Kier molecular flexibility index (Phi) is 4.25. The van der Waals surface area contributed by atoms with Gasteiger partial charge in [-0.15, -0.1) is 0 Å². The van der Waals surface area contributed by atoms with Gasteiger partial charge < -0.3 is 15.2 Å². The van der Waals surface area contributed by atoms with Crippen LogP contribution in [0, 0.1) is 5.82 Å². The molecule has 3 aromatic heterocycles. The Labute approximate surface area is 173 Å². The first kappa shape index (κ1) is 18.6. The van der Waals surface area contributed by atoms with Crippen molar-refractivity contribution in [3.63, 3.8) is 0 Å². The fraction of sp³-hybridized carbons (Fsp3) is 0.143. The Bertz CT molecular complexity index is 1320. The molecule has 0 spiro atoms. The average molecular weight is 421 g/mol. The highest BCUT2D eigenvalue weighted by Gasteiger charge is 2.27. The molecule has 3 N–H and O–H groups in total. The van der Waals surface area contributed by atoms with Crippen molar-refractivity contribution in [2.75, 3.05) is 5.73 Å². The number of aromatic hydroxyl groups is 1. The molecule has 1 unspecified atom stereocenters. The van der Waals surface area contributed by atoms with E-state index in [1.807, 2.05) is 0 Å². The van der Waals surface area contributed by atoms with Crippen LogP contribution in [0.25, 0.3) is 22.2 Å². The molecule has 7 nitrogen and oxygen atoms in total. The largest absolute Gasteiger partial charge is 0.507 e. The van der Waals surface area contributed by atoms with Gasteiger partial charge in [0, 0.05) is 47.2 Å². The van der Waals surface area contributed by atoms with E-state index in [1.54, 1.807) is 29.0 Å². The summed E-state index contributed by atoms with van der Waals surface area (Å²) in [6.45, 7) is 0. The van der Waals surface area contributed by atoms with Crippen LogP contribution in [0.3, 0.4) is 0 Å². The molecule has 0 saturated heterocycles. The lowest BCUT2D eigenvalue weighted by Crippen LogP contribution is -2.06. The number of benzene rings is 1. The van der Waals surface area contributed by atoms with Crippen LogP contribution in [-0.4, -0.2) is 30.2 Å². The van der Waals surface area contributed by atoms with Gasteiger partial charge in [-0.25, -0.2) is 19.3 Å². The lowest BCUT2D eigenvalue weighted by molar-refractivity contribution is 0.103. The number of fused-ring (bicyclic) bond motifs is 1. The maximum Gasteiger partial charge on any atom is 0.202 e. The number of phenolic OH excluding ortho intramolecular Hbond substituents is 1. The molecule has 0 aliphatic heterocycles. The smallest absolute Gasteiger partial charge is 0.202 e. The Morgan fingerprint density at radius 3 is 2.57 bits per heavy atom. The Morgan fingerprint density at radius 2 is 1.87 bits per heavy atom. The molecule has 1 atom stereocenters. The number of ketones is 1. The maximum absolute atomic E-state index is 14.5. The molecule has 5 rings (SSSR count). The van der Waals surface area contributed by atoms with Crippen LogP contribution >= 0.6 is 9.39 Å². The number of carbonyl (C=O) groups excluding carboxylic acids is 1. The standard InChI is InChI=1S/C21H17FN5O2P/c22-18-15(23)3-4-16(28)17(18)19(29)14-9-27(30)21-13(14)5-11(6-26-21)12-7-24-20(25-8-12)10-1-2-10/h3-10,28H,1-2,23,30H2. The number of aromatic nitrogens is 4. The highest BCUT2D eigenvalue weighted by molar-refractivity contribution is 7.14. The van der Waals surface area contributed by atoms with Crippen molar-refractivity contribution in [3.8, 4) is 16.9 Å². The quantitative estimate of drug-likeness (QED) is 0.225. The van der Waals surface area contributed by atoms with Crippen LogP contribution in [0.15, 0.2) is 43.0 Å². The minimum atomic E-state index is -0.946. The van der Waals surface area contributed by atoms with Gasteiger partial charge in [-0.2, -0.15) is 0 Å². The first-order valence-electron chi connectivity index (χ1n) is 9.34. The lowest BCUT2D eigenvalue weighted by atomic mass is 10.00. The third-order valence-electron chi connectivity index (χ3n) is 5.24. The normalized spacial score (nSPS) is 13.7. The van der Waals surface area contributed by atoms with Crippen molar-refractivity contribution in [3.05, 3.63) is 65.8 Å². The zero-order chi connectivity index (χ0) is 21.0. The minimum absolute atomic E-state index is 0.199. The van der Waals surface area contributed by atoms with Gasteiger partial charge in [-0.05, 0) is 40.4 Å². The van der Waals surface area contributed by atoms with Gasteiger partial charge in [0.2, 0.25) is 5.78 Å². The van der Waals surface area contributed by atoms with E-state index in [4.69, 9.17) is 5.73 Å². The summed E-state index contributed by atoms with van der Waals surface area (Å²) in [5, 5.41) is 10.6. The lowest BCUT2D eigenvalue weighted by Gasteiger charge is -2.07. The summed E-state index contributed by atoms with van der Waals surface area (Å²) < 4.78 is 16.1. The predicted molar refractivity (Wildman–Crippen MR) is 114 cm³/mol. The average Bonchev–Trinajstić information content (AvgIpc) is 3.55. The van der Waals surface area contributed by atoms with Crippen molar-refractivity contribution in [1.29, 1.82) is 0 Å². The van der Waals surface area contributed by atoms with E-state index in [1.165, 1.54) is 18.3 Å². The van der Waals surface area contributed by atoms with Crippen LogP contribution in [0.2, 0.25) is 0 Å². The number of rotatable bonds is 4. The summed E-state index contributed by atoms with van der Waals surface area (Å²) in [4.78, 5) is 26.4. The second kappa shape index (κ2) is 6.85. The molecular weight excluding hydrogens is 404 g/mol. The first-order chi connectivity index (χ1) is 14.4. The second-order valence-electron chi connectivity index (χ2n) is 7.34. The van der Waals surface area contributed by atoms with Gasteiger partial charge in [0.1, 0.15) is 22.8 Å². The molecule has 1 saturated carbocycles. The predicted octanol–water partition coefficient (Wildman–Crippen LogP) is 3.67. The van der Waals surface area contributed by atoms with Crippen molar-refractivity contribution in [2.45, 2.75) is 18.8 Å². The number of halogens is 1. The van der Waals surface area contributed by atoms with Gasteiger partial charge in [0.15, 0.2) is 5.82 Å². The minimum Gasteiger partial charge on any atom is -0.507 e. The van der Waals surface area contributed by atoms with E-state index in [-0.39, 0.29) is 11.3 Å². The Balaban J connectivity index is 1.62. The number of anilines is 1. The van der Waals surface area contributed by atoms with Crippen molar-refractivity contribution in [1.82, 2.24) is 19.3 Å². The number of pyridine rings is 1. The summed E-state index contributed by atoms with van der Waals surface area (Å²) in [6, 6.07) is 4.20. The molecule has 1 aliphatic carbocycles. The van der Waals surface area contributed by atoms with Crippen LogP contribution in [0.4, 0.5) is 10.1 Å². The Morgan fingerprint density at radius 1 is 1.17 bits per heavy atom. The third kappa shape index (κ3) is 3.00. The summed E-state index contributed by atoms with van der Waals surface area (Å²) in [7, 11) is 2.44. The van der Waals surface area contributed by atoms with Gasteiger partial charge in [0.05, 0.1) is 11.3 Å². The molecule has 0 amide bonds. The number of phenols is 1. The second-order valence-corrected chi connectivity index (χ2v) is 7.90. The molecule has 30 heavy (non-hydrogen) atoms. The van der Waals surface area contributed by atoms with Crippen molar-refractivity contribution in [2.24, 2.45) is 0 Å². The molecular formula is C21H17FN5O2P. The van der Waals surface area contributed by atoms with E-state index in [0.29, 0.717) is 17.0 Å². The third-order valence-corrected chi connectivity index (χ3v) is 5.63. The summed E-state index contributed by atoms with van der Waals surface area (Å²) in [5.74, 6) is -0.798. The van der Waals surface area contributed by atoms with E-state index in [0.717, 1.165) is 29.8 Å². The topological polar surface area (TPSA) is 107 Å². The van der Waals surface area contributed by atoms with Gasteiger partial charge >= 0.3 is 0 Å². The number of nitrogens with two attached hydrogens (primary N) is 1. The molecule has 1 aliphatic rings. The summed E-state index contributed by atoms with van der Waals surface area (Å²) in [5.41, 5.74) is 7.13. The molecule has 0 radical (unpaired) electrons. The first-order valence-corrected chi connectivity index (χ1v) is 9.86. The number of carbonyl (C=O) groups is 1. The van der Waals surface area contributed by atoms with Crippen molar-refractivity contribution >= 4 is 31.9 Å². The van der Waals surface area contributed by atoms with Gasteiger partial charge in [-0.1, -0.05) is 0 Å². The van der Waals surface area contributed by atoms with Gasteiger partial charge in [0.25, 0.3) is 0 Å². The van der Waals surface area contributed by atoms with Crippen LogP contribution in [0.5, 0.6) is 5.75 Å². The zero-order valence-electron chi connectivity index (χ0n) is 15.7. The number of hydrogen-bond acceptors (Lipinski definition) is 6. The van der Waals surface area contributed by atoms with Crippen LogP contribution in [0.1, 0.15) is 40.5 Å². The molecule has 1 fully saturated rings. The van der Waals surface area contributed by atoms with E-state index in [2.05, 4.69) is 24.3 Å². The molecule has 3 heterocycles. The molecule has 9 heteroatoms. The molecule has 0 bridgehead atoms. The van der Waals surface area contributed by atoms with Crippen LogP contribution in [-0.2, 0) is 0 Å². The number of nitrogens with zero attached hydrogens (tertiary/aromatic N) is 4. The zero-order valence-corrected chi connectivity index (χ0v) is 16.9. The fourth-order valence-electron chi connectivity index (χ4n) is 3.44. The van der Waals surface area contributed by atoms with Crippen molar-refractivity contribution < 1.29 is 14.3 Å². The molecule has 4 aromatic rings. The number of hydrogen-bond donors (Lipinski definition) is 2. The highest BCUT2D eigenvalue weighted by Crippen LogP contribution is 2.38. The van der Waals surface area contributed by atoms with E-state index < -0.39 is 22.9 Å². The molecule has 150 valence electrons. The number of nitrogen functional groups attached to an aromatic ring is 1. The monoisotopic (exact) mass is 421 g/mol. The SMILES string of the molecule is Nc1ccc(O)c(C(=O)c2cn(P)c3ncc(-c4cnc(C5CC5)nc4)cc23)c1F. The van der Waals surface area contributed by atoms with Gasteiger partial charge in [-0.3, -0.25) is 4.79 Å². The maximum atomic E-state index is 14.5. The molecule has 1 aromatic carbocycles. The summed E-state index contributed by atoms with van der Waals surface area (Å²) in [6.07, 6.45) is 8.92. The fourth-order valence-corrected chi connectivity index (χ4v) is 3.80. The highest BCUT2D eigenvalue weighted by atomic mass is 31.0. The summed E-state index contributed by atoms with van der Waals surface area (Å²) >= 11 is 0. The van der Waals surface area contributed by atoms with E-state index in [9.17, 15) is 14.3 Å².